The Morgan fingerprint density at radius 1 is 1.62 bits per heavy atom. The lowest BCUT2D eigenvalue weighted by molar-refractivity contribution is 0.719. The Morgan fingerprint density at radius 3 is 2.69 bits per heavy atom. The molecule has 0 saturated heterocycles. The monoisotopic (exact) mass is 218 g/mol. The minimum absolute atomic E-state index is 0.658. The summed E-state index contributed by atoms with van der Waals surface area (Å²) in [7, 11) is 1.87. The van der Waals surface area contributed by atoms with Crippen molar-refractivity contribution in [2.75, 3.05) is 18.0 Å². The van der Waals surface area contributed by atoms with Gasteiger partial charge in [-0.05, 0) is 20.8 Å². The van der Waals surface area contributed by atoms with Crippen LogP contribution in [0.4, 0.5) is 5.82 Å². The Hall–Kier alpha value is -1.76. The maximum Gasteiger partial charge on any atom is 0.145 e. The first-order valence-electron chi connectivity index (χ1n) is 5.34. The predicted octanol–water partition coefficient (Wildman–Crippen LogP) is 2.00. The van der Waals surface area contributed by atoms with E-state index in [0.717, 1.165) is 30.2 Å². The molecule has 0 aliphatic rings. The number of anilines is 1. The fraction of sp³-hybridized carbons (Fsp3) is 0.500. The average molecular weight is 218 g/mol. The maximum atomic E-state index is 9.14. The third-order valence-corrected chi connectivity index (χ3v) is 2.45. The van der Waals surface area contributed by atoms with Crippen molar-refractivity contribution < 1.29 is 0 Å². The minimum atomic E-state index is 0.658. The minimum Gasteiger partial charge on any atom is -0.352 e. The quantitative estimate of drug-likeness (QED) is 0.726. The Labute approximate surface area is 96.8 Å². The lowest BCUT2D eigenvalue weighted by atomic mass is 10.2. The van der Waals surface area contributed by atoms with Crippen molar-refractivity contribution in [3.63, 3.8) is 0 Å². The number of aromatic nitrogens is 2. The summed E-state index contributed by atoms with van der Waals surface area (Å²) in [5, 5.41) is 13.4. The summed E-state index contributed by atoms with van der Waals surface area (Å²) in [6.07, 6.45) is 0. The highest BCUT2D eigenvalue weighted by atomic mass is 15.4. The molecule has 0 radical (unpaired) electrons. The third kappa shape index (κ3) is 2.25. The first-order chi connectivity index (χ1) is 7.51. The summed E-state index contributed by atoms with van der Waals surface area (Å²) < 4.78 is 1.76. The molecule has 4 nitrogen and oxygen atoms in total. The summed E-state index contributed by atoms with van der Waals surface area (Å²) in [5.41, 5.74) is 2.51. The van der Waals surface area contributed by atoms with E-state index in [1.807, 2.05) is 20.9 Å². The second-order valence-electron chi connectivity index (χ2n) is 3.99. The Bertz CT molecular complexity index is 437. The lowest BCUT2D eigenvalue weighted by Crippen LogP contribution is -2.27. The van der Waals surface area contributed by atoms with Gasteiger partial charge in [0.25, 0.3) is 0 Å². The Kier molecular flexibility index (Phi) is 3.73. The zero-order chi connectivity index (χ0) is 12.3. The number of hydrogen-bond donors (Lipinski definition) is 0. The number of aryl methyl sites for hydroxylation is 2. The van der Waals surface area contributed by atoms with E-state index in [1.54, 1.807) is 4.68 Å². The summed E-state index contributed by atoms with van der Waals surface area (Å²) in [5.74, 6) is 0.880. The van der Waals surface area contributed by atoms with Crippen LogP contribution in [-0.4, -0.2) is 22.9 Å². The van der Waals surface area contributed by atoms with Crippen LogP contribution in [0.25, 0.3) is 0 Å². The van der Waals surface area contributed by atoms with Crippen LogP contribution >= 0.6 is 0 Å². The molecular formula is C12H18N4. The van der Waals surface area contributed by atoms with Gasteiger partial charge in [0.15, 0.2) is 0 Å². The number of likely N-dealkylation sites (N-methyl/N-ethyl adjacent to an activating group) is 1. The lowest BCUT2D eigenvalue weighted by Gasteiger charge is -2.23. The van der Waals surface area contributed by atoms with E-state index < -0.39 is 0 Å². The molecule has 0 bridgehead atoms. The number of hydrogen-bond acceptors (Lipinski definition) is 3. The molecule has 0 spiro atoms. The highest BCUT2D eigenvalue weighted by Crippen LogP contribution is 2.22. The molecule has 16 heavy (non-hydrogen) atoms. The molecule has 1 rings (SSSR count). The maximum absolute atomic E-state index is 9.14. The zero-order valence-corrected chi connectivity index (χ0v) is 10.4. The van der Waals surface area contributed by atoms with E-state index in [9.17, 15) is 0 Å². The molecule has 0 fully saturated rings. The molecule has 0 amide bonds. The molecule has 0 unspecified atom stereocenters. The smallest absolute Gasteiger partial charge is 0.145 e. The van der Waals surface area contributed by atoms with Gasteiger partial charge in [0.2, 0.25) is 0 Å². The standard InChI is InChI=1S/C12H18N4/c1-6-16(8-9(2)3)12-11(7-13)10(4)14-15(12)5/h2,6,8H2,1,3-5H3. The largest absolute Gasteiger partial charge is 0.352 e. The zero-order valence-electron chi connectivity index (χ0n) is 10.4. The summed E-state index contributed by atoms with van der Waals surface area (Å²) in [6, 6.07) is 2.22. The van der Waals surface area contributed by atoms with Gasteiger partial charge in [0, 0.05) is 20.1 Å². The second kappa shape index (κ2) is 4.84. The molecular weight excluding hydrogens is 200 g/mol. The van der Waals surface area contributed by atoms with E-state index in [2.05, 4.69) is 29.6 Å². The van der Waals surface area contributed by atoms with Crippen LogP contribution in [0.1, 0.15) is 25.1 Å². The number of nitrogens with zero attached hydrogens (tertiary/aromatic N) is 4. The molecule has 1 aromatic rings. The van der Waals surface area contributed by atoms with Crippen molar-refractivity contribution >= 4 is 5.82 Å². The van der Waals surface area contributed by atoms with Gasteiger partial charge in [-0.3, -0.25) is 4.68 Å². The number of rotatable bonds is 4. The van der Waals surface area contributed by atoms with Gasteiger partial charge < -0.3 is 4.90 Å². The molecule has 0 saturated carbocycles. The van der Waals surface area contributed by atoms with E-state index in [1.165, 1.54) is 0 Å². The fourth-order valence-electron chi connectivity index (χ4n) is 1.80. The topological polar surface area (TPSA) is 44.9 Å². The van der Waals surface area contributed by atoms with Crippen molar-refractivity contribution in [3.05, 3.63) is 23.4 Å². The van der Waals surface area contributed by atoms with Crippen molar-refractivity contribution in [3.8, 4) is 6.07 Å². The Balaban J connectivity index is 3.19. The van der Waals surface area contributed by atoms with Gasteiger partial charge in [0.05, 0.1) is 5.69 Å². The van der Waals surface area contributed by atoms with Crippen molar-refractivity contribution in [2.24, 2.45) is 7.05 Å². The molecule has 86 valence electrons. The molecule has 4 heteroatoms. The number of nitriles is 1. The fourth-order valence-corrected chi connectivity index (χ4v) is 1.80. The van der Waals surface area contributed by atoms with Crippen LogP contribution in [0, 0.1) is 18.3 Å². The van der Waals surface area contributed by atoms with Crippen LogP contribution < -0.4 is 4.90 Å². The molecule has 0 aromatic carbocycles. The van der Waals surface area contributed by atoms with Gasteiger partial charge >= 0.3 is 0 Å². The predicted molar refractivity (Wildman–Crippen MR) is 65.4 cm³/mol. The van der Waals surface area contributed by atoms with E-state index >= 15 is 0 Å². The van der Waals surface area contributed by atoms with Crippen LogP contribution in [0.2, 0.25) is 0 Å². The van der Waals surface area contributed by atoms with Crippen LogP contribution in [0.3, 0.4) is 0 Å². The summed E-state index contributed by atoms with van der Waals surface area (Å²) >= 11 is 0. The molecule has 0 aliphatic heterocycles. The first kappa shape index (κ1) is 12.3. The summed E-state index contributed by atoms with van der Waals surface area (Å²) in [4.78, 5) is 2.11. The third-order valence-electron chi connectivity index (χ3n) is 2.45. The van der Waals surface area contributed by atoms with Gasteiger partial charge in [-0.1, -0.05) is 12.2 Å². The van der Waals surface area contributed by atoms with Gasteiger partial charge in [-0.25, -0.2) is 0 Å². The van der Waals surface area contributed by atoms with Crippen LogP contribution in [-0.2, 0) is 7.05 Å². The van der Waals surface area contributed by atoms with E-state index in [4.69, 9.17) is 5.26 Å². The van der Waals surface area contributed by atoms with Gasteiger partial charge in [-0.15, -0.1) is 0 Å². The molecule has 1 aromatic heterocycles. The first-order valence-corrected chi connectivity index (χ1v) is 5.34. The molecule has 0 N–H and O–H groups in total. The average Bonchev–Trinajstić information content (AvgIpc) is 2.49. The van der Waals surface area contributed by atoms with Gasteiger partial charge in [0.1, 0.15) is 17.5 Å². The second-order valence-corrected chi connectivity index (χ2v) is 3.99. The highest BCUT2D eigenvalue weighted by Gasteiger charge is 2.17. The van der Waals surface area contributed by atoms with Crippen molar-refractivity contribution in [1.82, 2.24) is 9.78 Å². The van der Waals surface area contributed by atoms with Gasteiger partial charge in [-0.2, -0.15) is 10.4 Å². The normalized spacial score (nSPS) is 9.94. The van der Waals surface area contributed by atoms with E-state index in [0.29, 0.717) is 5.56 Å². The molecule has 0 aliphatic carbocycles. The van der Waals surface area contributed by atoms with Crippen LogP contribution in [0.5, 0.6) is 0 Å². The van der Waals surface area contributed by atoms with Crippen LogP contribution in [0.15, 0.2) is 12.2 Å². The molecule has 0 atom stereocenters. The molecule has 1 heterocycles. The summed E-state index contributed by atoms with van der Waals surface area (Å²) in [6.45, 7) is 11.4. The van der Waals surface area contributed by atoms with Crippen molar-refractivity contribution in [1.29, 1.82) is 5.26 Å². The van der Waals surface area contributed by atoms with Crippen molar-refractivity contribution in [2.45, 2.75) is 20.8 Å². The SMILES string of the molecule is C=C(C)CN(CC)c1c(C#N)c(C)nn1C. The highest BCUT2D eigenvalue weighted by molar-refractivity contribution is 5.57. The van der Waals surface area contributed by atoms with E-state index in [-0.39, 0.29) is 0 Å². The Morgan fingerprint density at radius 2 is 2.25 bits per heavy atom.